The Kier molecular flexibility index (Phi) is 13.4. The number of unbranched alkanes of at least 4 members (excludes halogenated alkanes) is 9. The summed E-state index contributed by atoms with van der Waals surface area (Å²) in [5, 5.41) is 9.24. The van der Waals surface area contributed by atoms with Crippen LogP contribution in [0.4, 0.5) is 0 Å². The fraction of sp³-hybridized carbons (Fsp3) is 0.727. The molecule has 0 aliphatic carbocycles. The predicted octanol–water partition coefficient (Wildman–Crippen LogP) is 5.80. The molecule has 0 saturated heterocycles. The van der Waals surface area contributed by atoms with Gasteiger partial charge in [-0.2, -0.15) is 5.48 Å². The number of benzene rings is 1. The zero-order valence-electron chi connectivity index (χ0n) is 16.4. The van der Waals surface area contributed by atoms with E-state index in [0.29, 0.717) is 0 Å². The zero-order valence-corrected chi connectivity index (χ0v) is 16.4. The third-order valence-electron chi connectivity index (χ3n) is 4.82. The van der Waals surface area contributed by atoms with Crippen LogP contribution >= 0.6 is 0 Å². The average molecular weight is 350 g/mol. The highest BCUT2D eigenvalue weighted by Crippen LogP contribution is 2.20. The molecular weight excluding hydrogens is 310 g/mol. The van der Waals surface area contributed by atoms with Crippen molar-refractivity contribution in [2.45, 2.75) is 96.9 Å². The Bertz CT molecular complexity index is 418. The number of aryl methyl sites for hydroxylation is 1. The monoisotopic (exact) mass is 349 g/mol. The first-order valence-electron chi connectivity index (χ1n) is 10.4. The van der Waals surface area contributed by atoms with Crippen LogP contribution < -0.4 is 10.3 Å². The van der Waals surface area contributed by atoms with Crippen LogP contribution in [-0.4, -0.2) is 17.8 Å². The molecular formula is C22H39NO2. The molecule has 0 aliphatic rings. The summed E-state index contributed by atoms with van der Waals surface area (Å²) in [7, 11) is 0. The lowest BCUT2D eigenvalue weighted by Crippen LogP contribution is -2.34. The summed E-state index contributed by atoms with van der Waals surface area (Å²) in [6.45, 7) is 4.40. The molecule has 0 radical (unpaired) electrons. The Morgan fingerprint density at radius 3 is 2.08 bits per heavy atom. The molecule has 25 heavy (non-hydrogen) atoms. The van der Waals surface area contributed by atoms with Gasteiger partial charge in [-0.15, -0.1) is 0 Å². The van der Waals surface area contributed by atoms with Crippen molar-refractivity contribution in [1.29, 1.82) is 0 Å². The molecule has 0 saturated carbocycles. The van der Waals surface area contributed by atoms with Gasteiger partial charge in [0.2, 0.25) is 0 Å². The summed E-state index contributed by atoms with van der Waals surface area (Å²) in [5.41, 5.74) is 4.22. The van der Waals surface area contributed by atoms with Gasteiger partial charge in [0.05, 0.1) is 12.6 Å². The van der Waals surface area contributed by atoms with Gasteiger partial charge >= 0.3 is 0 Å². The topological polar surface area (TPSA) is 41.5 Å². The largest absolute Gasteiger partial charge is 0.408 e. The summed E-state index contributed by atoms with van der Waals surface area (Å²) >= 11 is 0. The number of aliphatic hydroxyl groups excluding tert-OH is 1. The lowest BCUT2D eigenvalue weighted by Gasteiger charge is -2.16. The van der Waals surface area contributed by atoms with E-state index in [1.165, 1.54) is 69.8 Å². The highest BCUT2D eigenvalue weighted by atomic mass is 16.6. The molecule has 1 aromatic rings. The van der Waals surface area contributed by atoms with Gasteiger partial charge < -0.3 is 9.94 Å². The highest BCUT2D eigenvalue weighted by Gasteiger charge is 2.07. The molecule has 1 atom stereocenters. The number of hydroxylamine groups is 1. The second-order valence-electron chi connectivity index (χ2n) is 7.05. The van der Waals surface area contributed by atoms with Crippen molar-refractivity contribution >= 4 is 0 Å². The van der Waals surface area contributed by atoms with Crippen LogP contribution in [0.15, 0.2) is 24.3 Å². The van der Waals surface area contributed by atoms with E-state index in [0.717, 1.165) is 18.6 Å². The number of hydrogen-bond donors (Lipinski definition) is 2. The van der Waals surface area contributed by atoms with Gasteiger partial charge in [0.25, 0.3) is 0 Å². The number of rotatable bonds is 16. The zero-order chi connectivity index (χ0) is 18.2. The van der Waals surface area contributed by atoms with Crippen molar-refractivity contribution in [3.05, 3.63) is 29.8 Å². The van der Waals surface area contributed by atoms with Crippen LogP contribution in [-0.2, 0) is 6.42 Å². The van der Waals surface area contributed by atoms with Crippen LogP contribution in [0, 0.1) is 0 Å². The smallest absolute Gasteiger partial charge is 0.150 e. The first-order chi connectivity index (χ1) is 12.3. The van der Waals surface area contributed by atoms with Gasteiger partial charge in [-0.1, -0.05) is 89.8 Å². The SMILES string of the molecule is CCCCCCCCCCCCc1ccccc1ONC(CC)CO. The highest BCUT2D eigenvalue weighted by molar-refractivity contribution is 5.33. The minimum absolute atomic E-state index is 0.00891. The van der Waals surface area contributed by atoms with Gasteiger partial charge in [-0.3, -0.25) is 0 Å². The van der Waals surface area contributed by atoms with E-state index in [-0.39, 0.29) is 12.6 Å². The molecule has 1 aromatic carbocycles. The van der Waals surface area contributed by atoms with Crippen LogP contribution in [0.2, 0.25) is 0 Å². The Morgan fingerprint density at radius 2 is 1.48 bits per heavy atom. The number of para-hydroxylation sites is 1. The van der Waals surface area contributed by atoms with E-state index in [2.05, 4.69) is 24.5 Å². The van der Waals surface area contributed by atoms with Crippen molar-refractivity contribution in [3.8, 4) is 5.75 Å². The molecule has 0 amide bonds. The van der Waals surface area contributed by atoms with Gasteiger partial charge in [0.1, 0.15) is 5.75 Å². The number of hydrogen-bond acceptors (Lipinski definition) is 3. The van der Waals surface area contributed by atoms with E-state index in [1.807, 2.05) is 19.1 Å². The summed E-state index contributed by atoms with van der Waals surface area (Å²) in [6, 6.07) is 8.21. The molecule has 0 heterocycles. The molecule has 2 N–H and O–H groups in total. The Morgan fingerprint density at radius 1 is 0.880 bits per heavy atom. The van der Waals surface area contributed by atoms with Gasteiger partial charge in [0.15, 0.2) is 0 Å². The molecule has 144 valence electrons. The fourth-order valence-electron chi connectivity index (χ4n) is 3.01. The normalized spacial score (nSPS) is 12.3. The summed E-state index contributed by atoms with van der Waals surface area (Å²) in [5.74, 6) is 0.894. The third kappa shape index (κ3) is 10.5. The van der Waals surface area contributed by atoms with Gasteiger partial charge in [-0.05, 0) is 30.9 Å². The van der Waals surface area contributed by atoms with E-state index in [9.17, 15) is 5.11 Å². The maximum Gasteiger partial charge on any atom is 0.150 e. The lowest BCUT2D eigenvalue weighted by atomic mass is 10.0. The quantitative estimate of drug-likeness (QED) is 0.292. The summed E-state index contributed by atoms with van der Waals surface area (Å²) < 4.78 is 0. The summed E-state index contributed by atoms with van der Waals surface area (Å²) in [4.78, 5) is 5.71. The second-order valence-corrected chi connectivity index (χ2v) is 7.05. The third-order valence-corrected chi connectivity index (χ3v) is 4.82. The molecule has 1 rings (SSSR count). The van der Waals surface area contributed by atoms with Crippen molar-refractivity contribution in [2.75, 3.05) is 6.61 Å². The molecule has 1 unspecified atom stereocenters. The maximum absolute atomic E-state index is 9.24. The van der Waals surface area contributed by atoms with Gasteiger partial charge in [-0.25, -0.2) is 0 Å². The van der Waals surface area contributed by atoms with E-state index in [4.69, 9.17) is 4.84 Å². The predicted molar refractivity (Wildman–Crippen MR) is 107 cm³/mol. The van der Waals surface area contributed by atoms with Crippen LogP contribution in [0.5, 0.6) is 5.75 Å². The summed E-state index contributed by atoms with van der Waals surface area (Å²) in [6.07, 6.45) is 15.5. The lowest BCUT2D eigenvalue weighted by molar-refractivity contribution is 0.110. The minimum atomic E-state index is -0.00891. The van der Waals surface area contributed by atoms with E-state index >= 15 is 0 Å². The first kappa shape index (κ1) is 22.0. The second kappa shape index (κ2) is 15.2. The maximum atomic E-state index is 9.24. The molecule has 0 spiro atoms. The van der Waals surface area contributed by atoms with Crippen LogP contribution in [0.25, 0.3) is 0 Å². The number of aliphatic hydroxyl groups is 1. The standard InChI is InChI=1S/C22H39NO2/c1-3-5-6-7-8-9-10-11-12-13-16-20-17-14-15-18-22(20)25-23-21(4-2)19-24/h14-15,17-18,21,23-24H,3-13,16,19H2,1-2H3. The average Bonchev–Trinajstić information content (AvgIpc) is 2.65. The van der Waals surface area contributed by atoms with Crippen molar-refractivity contribution in [1.82, 2.24) is 5.48 Å². The van der Waals surface area contributed by atoms with E-state index < -0.39 is 0 Å². The fourth-order valence-corrected chi connectivity index (χ4v) is 3.01. The molecule has 0 bridgehead atoms. The van der Waals surface area contributed by atoms with E-state index in [1.54, 1.807) is 0 Å². The number of nitrogens with one attached hydrogen (secondary N) is 1. The van der Waals surface area contributed by atoms with Crippen LogP contribution in [0.1, 0.15) is 90.0 Å². The molecule has 0 aliphatic heterocycles. The molecule has 3 nitrogen and oxygen atoms in total. The van der Waals surface area contributed by atoms with Gasteiger partial charge in [0, 0.05) is 0 Å². The Hall–Kier alpha value is -1.06. The van der Waals surface area contributed by atoms with Crippen molar-refractivity contribution < 1.29 is 9.94 Å². The molecule has 0 aromatic heterocycles. The van der Waals surface area contributed by atoms with Crippen molar-refractivity contribution in [2.24, 2.45) is 0 Å². The Labute approximate surface area is 155 Å². The van der Waals surface area contributed by atoms with Crippen molar-refractivity contribution in [3.63, 3.8) is 0 Å². The van der Waals surface area contributed by atoms with Crippen LogP contribution in [0.3, 0.4) is 0 Å². The molecule has 0 fully saturated rings. The Balaban J connectivity index is 2.16. The molecule has 3 heteroatoms. The minimum Gasteiger partial charge on any atom is -0.408 e. The first-order valence-corrected chi connectivity index (χ1v) is 10.4.